The van der Waals surface area contributed by atoms with Crippen molar-refractivity contribution in [2.75, 3.05) is 0 Å². The third-order valence-corrected chi connectivity index (χ3v) is 0.314. The van der Waals surface area contributed by atoms with E-state index in [2.05, 4.69) is 5.84 Å². The van der Waals surface area contributed by atoms with Gasteiger partial charge in [-0.2, -0.15) is 5.26 Å². The van der Waals surface area contributed by atoms with E-state index in [1.165, 1.54) is 6.19 Å². The molecule has 0 aromatic rings. The number of carbonyl (C=O) groups is 1. The van der Waals surface area contributed by atoms with Gasteiger partial charge in [0.25, 0.3) is 0 Å². The molecule has 0 unspecified atom stereocenters. The monoisotopic (exact) mass is 101 g/mol. The molecule has 0 saturated carbocycles. The number of amides is 1. The molecule has 3 N–H and O–H groups in total. The van der Waals surface area contributed by atoms with E-state index in [0.717, 1.165) is 0 Å². The Morgan fingerprint density at radius 1 is 2.00 bits per heavy atom. The highest BCUT2D eigenvalue weighted by Crippen LogP contribution is 1.69. The van der Waals surface area contributed by atoms with Crippen LogP contribution in [-0.2, 0) is 0 Å². The van der Waals surface area contributed by atoms with Crippen LogP contribution < -0.4 is 5.84 Å². The molecule has 0 aliphatic carbocycles. The minimum Gasteiger partial charge on any atom is -0.463 e. The maximum Gasteiger partial charge on any atom is 0.435 e. The molecule has 5 heteroatoms. The summed E-state index contributed by atoms with van der Waals surface area (Å²) in [7, 11) is 0. The Morgan fingerprint density at radius 3 is 2.43 bits per heavy atom. The normalized spacial score (nSPS) is 6.86. The molecule has 5 nitrogen and oxygen atoms in total. The van der Waals surface area contributed by atoms with E-state index in [4.69, 9.17) is 10.4 Å². The Kier molecular flexibility index (Phi) is 1.63. The summed E-state index contributed by atoms with van der Waals surface area (Å²) in [5.74, 6) is 4.49. The highest BCUT2D eigenvalue weighted by molar-refractivity contribution is 5.65. The van der Waals surface area contributed by atoms with Crippen molar-refractivity contribution < 1.29 is 9.90 Å². The van der Waals surface area contributed by atoms with Crippen molar-refractivity contribution in [3.63, 3.8) is 0 Å². The van der Waals surface area contributed by atoms with Gasteiger partial charge in [0.15, 0.2) is 0 Å². The molecule has 0 bridgehead atoms. The Morgan fingerprint density at radius 2 is 2.43 bits per heavy atom. The van der Waals surface area contributed by atoms with Gasteiger partial charge in [-0.25, -0.2) is 10.6 Å². The molecule has 0 atom stereocenters. The van der Waals surface area contributed by atoms with Crippen molar-refractivity contribution in [2.24, 2.45) is 5.84 Å². The summed E-state index contributed by atoms with van der Waals surface area (Å²) in [6.07, 6.45) is -0.280. The first-order valence-electron chi connectivity index (χ1n) is 1.36. The summed E-state index contributed by atoms with van der Waals surface area (Å²) in [5, 5.41) is 15.4. The van der Waals surface area contributed by atoms with Gasteiger partial charge in [0.1, 0.15) is 0 Å². The van der Waals surface area contributed by atoms with E-state index < -0.39 is 6.09 Å². The highest BCUT2D eigenvalue weighted by atomic mass is 16.4. The molecule has 0 radical (unpaired) electrons. The van der Waals surface area contributed by atoms with Gasteiger partial charge < -0.3 is 5.11 Å². The van der Waals surface area contributed by atoms with Crippen LogP contribution in [0, 0.1) is 11.5 Å². The second kappa shape index (κ2) is 2.00. The fourth-order valence-corrected chi connectivity index (χ4v) is 0.0428. The quantitative estimate of drug-likeness (QED) is 0.139. The number of nitriles is 1. The maximum absolute atomic E-state index is 9.51. The van der Waals surface area contributed by atoms with E-state index in [0.29, 0.717) is 0 Å². The average molecular weight is 101 g/mol. The van der Waals surface area contributed by atoms with Crippen LogP contribution in [0.25, 0.3) is 0 Å². The molecular weight excluding hydrogens is 98.0 g/mol. The number of carboxylic acid groups (broad SMARTS) is 1. The largest absolute Gasteiger partial charge is 0.463 e. The van der Waals surface area contributed by atoms with Gasteiger partial charge in [0, 0.05) is 0 Å². The number of rotatable bonds is 0. The summed E-state index contributed by atoms with van der Waals surface area (Å²) in [6, 6.07) is 0. The van der Waals surface area contributed by atoms with Gasteiger partial charge in [0.2, 0.25) is 6.19 Å². The minimum absolute atomic E-state index is 0.0139. The first-order valence-corrected chi connectivity index (χ1v) is 1.36. The van der Waals surface area contributed by atoms with E-state index in [9.17, 15) is 4.79 Å². The lowest BCUT2D eigenvalue weighted by Gasteiger charge is -1.94. The van der Waals surface area contributed by atoms with E-state index >= 15 is 0 Å². The molecule has 0 aliphatic rings. The number of nitrogens with two attached hydrogens (primary N) is 1. The predicted octanol–water partition coefficient (Wildman–Crippen LogP) is -0.679. The van der Waals surface area contributed by atoms with Gasteiger partial charge in [-0.3, -0.25) is 0 Å². The van der Waals surface area contributed by atoms with Crippen LogP contribution in [0.4, 0.5) is 4.79 Å². The summed E-state index contributed by atoms with van der Waals surface area (Å²) < 4.78 is 0. The molecule has 0 aliphatic heterocycles. The molecule has 0 fully saturated rings. The van der Waals surface area contributed by atoms with Crippen molar-refractivity contribution >= 4 is 6.09 Å². The summed E-state index contributed by atoms with van der Waals surface area (Å²) in [5.41, 5.74) is 0. The van der Waals surface area contributed by atoms with Crippen molar-refractivity contribution in [3.05, 3.63) is 0 Å². The van der Waals surface area contributed by atoms with Crippen molar-refractivity contribution in [2.45, 2.75) is 0 Å². The van der Waals surface area contributed by atoms with Crippen molar-refractivity contribution in [3.8, 4) is 6.19 Å². The first-order chi connectivity index (χ1) is 3.18. The molecule has 0 heterocycles. The van der Waals surface area contributed by atoms with Gasteiger partial charge in [-0.05, 0) is 0 Å². The molecule has 7 heavy (non-hydrogen) atoms. The van der Waals surface area contributed by atoms with Gasteiger partial charge >= 0.3 is 6.09 Å². The Labute approximate surface area is 39.5 Å². The van der Waals surface area contributed by atoms with Crippen LogP contribution in [0.5, 0.6) is 0 Å². The lowest BCUT2D eigenvalue weighted by atomic mass is 11.0. The molecule has 1 amide bonds. The van der Waals surface area contributed by atoms with Crippen molar-refractivity contribution in [1.29, 1.82) is 5.26 Å². The molecule has 0 rings (SSSR count). The fourth-order valence-electron chi connectivity index (χ4n) is 0.0428. The van der Waals surface area contributed by atoms with Crippen LogP contribution in [0.3, 0.4) is 0 Å². The van der Waals surface area contributed by atoms with Crippen LogP contribution in [0.1, 0.15) is 0 Å². The van der Waals surface area contributed by atoms with Crippen LogP contribution >= 0.6 is 0 Å². The molecule has 0 aromatic heterocycles. The predicted molar refractivity (Wildman–Crippen MR) is 19.7 cm³/mol. The molecular formula is C2H3N3O2. The SMILES string of the molecule is N#CN(N)C(=O)O. The Bertz CT molecular complexity index is 115. The average Bonchev–Trinajstić information content (AvgIpc) is 1.65. The number of hydrazine groups is 1. The highest BCUT2D eigenvalue weighted by Gasteiger charge is 2.00. The third-order valence-electron chi connectivity index (χ3n) is 0.314. The Hall–Kier alpha value is -1.28. The molecule has 0 aromatic carbocycles. The number of nitrogens with zero attached hydrogens (tertiary/aromatic N) is 2. The lowest BCUT2D eigenvalue weighted by molar-refractivity contribution is 0.166. The van der Waals surface area contributed by atoms with Crippen LogP contribution in [0.2, 0.25) is 0 Å². The second-order valence-corrected chi connectivity index (χ2v) is 0.753. The summed E-state index contributed by atoms with van der Waals surface area (Å²) in [6.45, 7) is 0. The van der Waals surface area contributed by atoms with Gasteiger partial charge in [0.05, 0.1) is 0 Å². The standard InChI is InChI=1S/C2H3N3O2/c3-1-5(4)2(6)7/h4H2,(H,6,7). The van der Waals surface area contributed by atoms with Crippen molar-refractivity contribution in [1.82, 2.24) is 5.01 Å². The third kappa shape index (κ3) is 1.57. The van der Waals surface area contributed by atoms with E-state index in [1.807, 2.05) is 0 Å². The molecule has 0 spiro atoms. The lowest BCUT2D eigenvalue weighted by Crippen LogP contribution is -2.30. The molecule has 0 saturated heterocycles. The van der Waals surface area contributed by atoms with Gasteiger partial charge in [-0.1, -0.05) is 0 Å². The summed E-state index contributed by atoms with van der Waals surface area (Å²) >= 11 is 0. The topological polar surface area (TPSA) is 90.4 Å². The van der Waals surface area contributed by atoms with E-state index in [-0.39, 0.29) is 5.01 Å². The second-order valence-electron chi connectivity index (χ2n) is 0.753. The number of hydrogen-bond donors (Lipinski definition) is 2. The minimum atomic E-state index is -1.46. The summed E-state index contributed by atoms with van der Waals surface area (Å²) in [4.78, 5) is 9.51. The smallest absolute Gasteiger partial charge is 0.435 e. The van der Waals surface area contributed by atoms with Crippen LogP contribution in [-0.4, -0.2) is 16.2 Å². The molecule has 38 valence electrons. The van der Waals surface area contributed by atoms with E-state index in [1.54, 1.807) is 0 Å². The fraction of sp³-hybridized carbons (Fsp3) is 0. The zero-order valence-electron chi connectivity index (χ0n) is 3.33. The van der Waals surface area contributed by atoms with Crippen LogP contribution in [0.15, 0.2) is 0 Å². The zero-order chi connectivity index (χ0) is 5.86. The Balaban J connectivity index is 3.63. The number of hydrogen-bond acceptors (Lipinski definition) is 3. The first kappa shape index (κ1) is 5.72. The maximum atomic E-state index is 9.51. The van der Waals surface area contributed by atoms with Gasteiger partial charge in [-0.15, -0.1) is 5.01 Å². The zero-order valence-corrected chi connectivity index (χ0v) is 3.33.